The highest BCUT2D eigenvalue weighted by molar-refractivity contribution is 7.99. The molecule has 0 aromatic heterocycles. The Morgan fingerprint density at radius 3 is 2.91 bits per heavy atom. The van der Waals surface area contributed by atoms with E-state index in [9.17, 15) is 0 Å². The lowest BCUT2D eigenvalue weighted by atomic mass is 10.1. The molecule has 1 aliphatic heterocycles. The molecule has 1 fully saturated rings. The summed E-state index contributed by atoms with van der Waals surface area (Å²) in [6.07, 6.45) is 0. The molecule has 1 aliphatic rings. The zero-order valence-corrected chi connectivity index (χ0v) is 8.33. The third kappa shape index (κ3) is 3.01. The SMILES string of the molecule is COCC1CSCC(C)(C)N1. The highest BCUT2D eigenvalue weighted by atomic mass is 32.2. The third-order valence-electron chi connectivity index (χ3n) is 1.74. The van der Waals surface area contributed by atoms with Crippen molar-refractivity contribution in [2.75, 3.05) is 25.2 Å². The van der Waals surface area contributed by atoms with Crippen molar-refractivity contribution in [2.24, 2.45) is 0 Å². The topological polar surface area (TPSA) is 21.3 Å². The highest BCUT2D eigenvalue weighted by Gasteiger charge is 2.26. The molecule has 1 unspecified atom stereocenters. The summed E-state index contributed by atoms with van der Waals surface area (Å²) in [5, 5.41) is 3.55. The summed E-state index contributed by atoms with van der Waals surface area (Å²) < 4.78 is 5.10. The van der Waals surface area contributed by atoms with Crippen molar-refractivity contribution in [3.05, 3.63) is 0 Å². The van der Waals surface area contributed by atoms with Gasteiger partial charge >= 0.3 is 0 Å². The number of thioether (sulfide) groups is 1. The quantitative estimate of drug-likeness (QED) is 0.679. The van der Waals surface area contributed by atoms with Crippen LogP contribution in [0.25, 0.3) is 0 Å². The van der Waals surface area contributed by atoms with Crippen LogP contribution in [0, 0.1) is 0 Å². The van der Waals surface area contributed by atoms with Crippen LogP contribution in [-0.2, 0) is 4.74 Å². The first-order valence-electron chi connectivity index (χ1n) is 3.98. The number of methoxy groups -OCH3 is 1. The summed E-state index contributed by atoms with van der Waals surface area (Å²) in [6, 6.07) is 0.536. The van der Waals surface area contributed by atoms with Crippen LogP contribution in [0.15, 0.2) is 0 Å². The van der Waals surface area contributed by atoms with E-state index in [1.54, 1.807) is 7.11 Å². The van der Waals surface area contributed by atoms with Crippen LogP contribution in [0.4, 0.5) is 0 Å². The van der Waals surface area contributed by atoms with E-state index in [1.165, 1.54) is 11.5 Å². The lowest BCUT2D eigenvalue weighted by Crippen LogP contribution is -2.54. The van der Waals surface area contributed by atoms with E-state index in [0.29, 0.717) is 6.04 Å². The number of ether oxygens (including phenoxy) is 1. The molecule has 0 radical (unpaired) electrons. The van der Waals surface area contributed by atoms with Crippen molar-refractivity contribution < 1.29 is 4.74 Å². The predicted molar refractivity (Wildman–Crippen MR) is 50.2 cm³/mol. The monoisotopic (exact) mass is 175 g/mol. The van der Waals surface area contributed by atoms with E-state index in [2.05, 4.69) is 19.2 Å². The van der Waals surface area contributed by atoms with Crippen LogP contribution in [0.1, 0.15) is 13.8 Å². The molecule has 0 amide bonds. The second-order valence-corrected chi connectivity index (χ2v) is 4.73. The molecule has 3 heteroatoms. The largest absolute Gasteiger partial charge is 0.383 e. The Labute approximate surface area is 73.1 Å². The number of rotatable bonds is 2. The standard InChI is InChI=1S/C8H17NOS/c1-8(2)6-11-5-7(9-8)4-10-3/h7,9H,4-6H2,1-3H3. The van der Waals surface area contributed by atoms with Gasteiger partial charge in [0.05, 0.1) is 6.61 Å². The molecule has 0 aromatic carbocycles. The Balaban J connectivity index is 2.34. The molecule has 2 nitrogen and oxygen atoms in total. The van der Waals surface area contributed by atoms with Crippen molar-refractivity contribution in [3.8, 4) is 0 Å². The van der Waals surface area contributed by atoms with Gasteiger partial charge in [-0.15, -0.1) is 0 Å². The maximum atomic E-state index is 5.10. The van der Waals surface area contributed by atoms with Crippen molar-refractivity contribution >= 4 is 11.8 Å². The van der Waals surface area contributed by atoms with Crippen LogP contribution in [-0.4, -0.2) is 36.8 Å². The summed E-state index contributed by atoms with van der Waals surface area (Å²) in [7, 11) is 1.76. The zero-order chi connectivity index (χ0) is 8.32. The first-order chi connectivity index (χ1) is 5.14. The zero-order valence-electron chi connectivity index (χ0n) is 7.52. The van der Waals surface area contributed by atoms with Gasteiger partial charge in [0.15, 0.2) is 0 Å². The summed E-state index contributed by atoms with van der Waals surface area (Å²) in [4.78, 5) is 0. The molecular formula is C8H17NOS. The summed E-state index contributed by atoms with van der Waals surface area (Å²) >= 11 is 2.01. The van der Waals surface area contributed by atoms with E-state index in [4.69, 9.17) is 4.74 Å². The Morgan fingerprint density at radius 1 is 1.64 bits per heavy atom. The molecule has 0 spiro atoms. The molecule has 1 N–H and O–H groups in total. The van der Waals surface area contributed by atoms with Crippen LogP contribution < -0.4 is 5.32 Å². The molecular weight excluding hydrogens is 158 g/mol. The van der Waals surface area contributed by atoms with Gasteiger partial charge in [0.1, 0.15) is 0 Å². The number of nitrogens with one attached hydrogen (secondary N) is 1. The average molecular weight is 175 g/mol. The Bertz CT molecular complexity index is 125. The minimum Gasteiger partial charge on any atom is -0.383 e. The molecule has 1 atom stereocenters. The predicted octanol–water partition coefficient (Wildman–Crippen LogP) is 1.12. The van der Waals surface area contributed by atoms with Gasteiger partial charge in [0.2, 0.25) is 0 Å². The molecule has 0 aromatic rings. The second kappa shape index (κ2) is 3.78. The van der Waals surface area contributed by atoms with Crippen molar-refractivity contribution in [2.45, 2.75) is 25.4 Å². The van der Waals surface area contributed by atoms with E-state index < -0.39 is 0 Å². The molecule has 1 rings (SSSR count). The Hall–Kier alpha value is 0.270. The van der Waals surface area contributed by atoms with E-state index in [1.807, 2.05) is 11.8 Å². The third-order valence-corrected chi connectivity index (χ3v) is 3.31. The fourth-order valence-corrected chi connectivity index (χ4v) is 2.56. The van der Waals surface area contributed by atoms with Crippen LogP contribution >= 0.6 is 11.8 Å². The first kappa shape index (κ1) is 9.36. The van der Waals surface area contributed by atoms with Crippen LogP contribution in [0.5, 0.6) is 0 Å². The second-order valence-electron chi connectivity index (χ2n) is 3.70. The summed E-state index contributed by atoms with van der Waals surface area (Å²) in [5.74, 6) is 2.38. The minimum absolute atomic E-state index is 0.284. The Morgan fingerprint density at radius 2 is 2.36 bits per heavy atom. The minimum atomic E-state index is 0.284. The summed E-state index contributed by atoms with van der Waals surface area (Å²) in [5.41, 5.74) is 0.284. The van der Waals surface area contributed by atoms with Gasteiger partial charge in [-0.05, 0) is 13.8 Å². The number of hydrogen-bond donors (Lipinski definition) is 1. The lowest BCUT2D eigenvalue weighted by molar-refractivity contribution is 0.159. The molecule has 1 saturated heterocycles. The maximum absolute atomic E-state index is 5.10. The molecule has 0 saturated carbocycles. The molecule has 66 valence electrons. The van der Waals surface area contributed by atoms with Gasteiger partial charge in [-0.25, -0.2) is 0 Å². The maximum Gasteiger partial charge on any atom is 0.0624 e. The van der Waals surface area contributed by atoms with E-state index in [-0.39, 0.29) is 5.54 Å². The van der Waals surface area contributed by atoms with Crippen LogP contribution in [0.2, 0.25) is 0 Å². The Kier molecular flexibility index (Phi) is 3.22. The van der Waals surface area contributed by atoms with Gasteiger partial charge in [-0.3, -0.25) is 0 Å². The normalized spacial score (nSPS) is 30.3. The molecule has 0 bridgehead atoms. The number of hydrogen-bond acceptors (Lipinski definition) is 3. The van der Waals surface area contributed by atoms with Crippen molar-refractivity contribution in [1.29, 1.82) is 0 Å². The van der Waals surface area contributed by atoms with Gasteiger partial charge in [-0.2, -0.15) is 11.8 Å². The fourth-order valence-electron chi connectivity index (χ4n) is 1.38. The summed E-state index contributed by atoms with van der Waals surface area (Å²) in [6.45, 7) is 5.31. The molecule has 1 heterocycles. The lowest BCUT2D eigenvalue weighted by Gasteiger charge is -2.36. The highest BCUT2D eigenvalue weighted by Crippen LogP contribution is 2.20. The van der Waals surface area contributed by atoms with E-state index >= 15 is 0 Å². The van der Waals surface area contributed by atoms with Crippen LogP contribution in [0.3, 0.4) is 0 Å². The van der Waals surface area contributed by atoms with Gasteiger partial charge < -0.3 is 10.1 Å². The van der Waals surface area contributed by atoms with Gasteiger partial charge in [-0.1, -0.05) is 0 Å². The average Bonchev–Trinajstić information content (AvgIpc) is 1.85. The molecule has 11 heavy (non-hydrogen) atoms. The first-order valence-corrected chi connectivity index (χ1v) is 5.14. The molecule has 0 aliphatic carbocycles. The fraction of sp³-hybridized carbons (Fsp3) is 1.00. The van der Waals surface area contributed by atoms with Gasteiger partial charge in [0, 0.05) is 30.2 Å². The van der Waals surface area contributed by atoms with Crippen molar-refractivity contribution in [1.82, 2.24) is 5.32 Å². The van der Waals surface area contributed by atoms with E-state index in [0.717, 1.165) is 6.61 Å². The van der Waals surface area contributed by atoms with Gasteiger partial charge in [0.25, 0.3) is 0 Å². The smallest absolute Gasteiger partial charge is 0.0624 e. The van der Waals surface area contributed by atoms with Crippen molar-refractivity contribution in [3.63, 3.8) is 0 Å².